The minimum absolute atomic E-state index is 0.626. The zero-order valence-corrected chi connectivity index (χ0v) is 11.1. The number of nitrogens with zero attached hydrogens (tertiary/aromatic N) is 4. The fourth-order valence-electron chi connectivity index (χ4n) is 2.27. The number of imidazole rings is 1. The molecule has 1 fully saturated rings. The number of piperazine rings is 1. The Labute approximate surface area is 107 Å². The summed E-state index contributed by atoms with van der Waals surface area (Å²) >= 11 is 0. The van der Waals surface area contributed by atoms with Gasteiger partial charge >= 0.3 is 5.97 Å². The van der Waals surface area contributed by atoms with Crippen molar-refractivity contribution >= 4 is 5.97 Å². The molecule has 1 aromatic rings. The van der Waals surface area contributed by atoms with Crippen LogP contribution in [-0.2, 0) is 11.8 Å². The molecule has 1 aromatic heterocycles. The van der Waals surface area contributed by atoms with Crippen LogP contribution < -0.4 is 0 Å². The molecule has 0 amide bonds. The van der Waals surface area contributed by atoms with E-state index in [1.54, 1.807) is 0 Å². The van der Waals surface area contributed by atoms with Crippen molar-refractivity contribution in [1.82, 2.24) is 19.4 Å². The molecule has 6 heteroatoms. The molecule has 1 saturated heterocycles. The minimum atomic E-state index is -0.822. The molecule has 0 saturated carbocycles. The number of aliphatic carboxylic acids is 1. The second kappa shape index (κ2) is 5.07. The second-order valence-corrected chi connectivity index (χ2v) is 4.90. The van der Waals surface area contributed by atoms with Crippen LogP contribution in [0.5, 0.6) is 0 Å². The Morgan fingerprint density at radius 2 is 1.94 bits per heavy atom. The second-order valence-electron chi connectivity index (χ2n) is 4.90. The van der Waals surface area contributed by atoms with Gasteiger partial charge in [0.05, 0.1) is 5.69 Å². The first kappa shape index (κ1) is 13.0. The molecule has 1 N–H and O–H groups in total. The fourth-order valence-corrected chi connectivity index (χ4v) is 2.27. The van der Waals surface area contributed by atoms with Crippen LogP contribution in [0.3, 0.4) is 0 Å². The maximum Gasteiger partial charge on any atom is 0.327 e. The van der Waals surface area contributed by atoms with Gasteiger partial charge in [-0.1, -0.05) is 0 Å². The van der Waals surface area contributed by atoms with Crippen molar-refractivity contribution < 1.29 is 9.90 Å². The van der Waals surface area contributed by atoms with Crippen molar-refractivity contribution in [3.8, 4) is 0 Å². The molecule has 2 heterocycles. The lowest BCUT2D eigenvalue weighted by molar-refractivity contribution is -0.144. The number of likely N-dealkylation sites (N-methyl/N-ethyl adjacent to an activating group) is 1. The van der Waals surface area contributed by atoms with Crippen molar-refractivity contribution in [3.05, 3.63) is 17.7 Å². The van der Waals surface area contributed by atoms with Crippen LogP contribution in [0.4, 0.5) is 0 Å². The topological polar surface area (TPSA) is 61.6 Å². The molecule has 1 aliphatic rings. The van der Waals surface area contributed by atoms with Gasteiger partial charge in [0, 0.05) is 39.4 Å². The molecule has 0 aromatic carbocycles. The third-order valence-corrected chi connectivity index (χ3v) is 3.54. The first-order valence-electron chi connectivity index (χ1n) is 6.14. The highest BCUT2D eigenvalue weighted by molar-refractivity contribution is 5.74. The molecule has 1 atom stereocenters. The summed E-state index contributed by atoms with van der Waals surface area (Å²) < 4.78 is 1.86. The van der Waals surface area contributed by atoms with Gasteiger partial charge in [0.15, 0.2) is 6.04 Å². The number of aryl methyl sites for hydroxylation is 2. The van der Waals surface area contributed by atoms with Crippen molar-refractivity contribution in [2.45, 2.75) is 13.0 Å². The first-order chi connectivity index (χ1) is 8.49. The van der Waals surface area contributed by atoms with E-state index in [-0.39, 0.29) is 0 Å². The number of rotatable bonds is 3. The molecule has 0 bridgehead atoms. The number of hydrogen-bond donors (Lipinski definition) is 1. The van der Waals surface area contributed by atoms with Gasteiger partial charge in [-0.05, 0) is 14.0 Å². The highest BCUT2D eigenvalue weighted by atomic mass is 16.4. The van der Waals surface area contributed by atoms with Crippen LogP contribution in [0, 0.1) is 6.92 Å². The number of carboxylic acids is 1. The van der Waals surface area contributed by atoms with Gasteiger partial charge in [0.25, 0.3) is 0 Å². The molecule has 1 aliphatic heterocycles. The number of carboxylic acid groups (broad SMARTS) is 1. The third kappa shape index (κ3) is 2.54. The molecular formula is C12H20N4O2. The third-order valence-electron chi connectivity index (χ3n) is 3.54. The Morgan fingerprint density at radius 1 is 1.33 bits per heavy atom. The summed E-state index contributed by atoms with van der Waals surface area (Å²) in [6.45, 7) is 5.21. The highest BCUT2D eigenvalue weighted by Crippen LogP contribution is 2.21. The Bertz CT molecular complexity index is 416. The zero-order chi connectivity index (χ0) is 13.3. The van der Waals surface area contributed by atoms with Gasteiger partial charge in [-0.2, -0.15) is 0 Å². The van der Waals surface area contributed by atoms with Crippen molar-refractivity contribution in [1.29, 1.82) is 0 Å². The zero-order valence-electron chi connectivity index (χ0n) is 11.1. The maximum absolute atomic E-state index is 11.5. The van der Waals surface area contributed by atoms with E-state index in [0.717, 1.165) is 32.0 Å². The van der Waals surface area contributed by atoms with E-state index < -0.39 is 12.0 Å². The summed E-state index contributed by atoms with van der Waals surface area (Å²) in [4.78, 5) is 20.0. The van der Waals surface area contributed by atoms with Gasteiger partial charge in [0.2, 0.25) is 0 Å². The maximum atomic E-state index is 11.5. The van der Waals surface area contributed by atoms with Crippen molar-refractivity contribution in [2.75, 3.05) is 33.2 Å². The fraction of sp³-hybridized carbons (Fsp3) is 0.667. The minimum Gasteiger partial charge on any atom is -0.480 e. The summed E-state index contributed by atoms with van der Waals surface area (Å²) in [5, 5.41) is 9.44. The molecule has 0 spiro atoms. The molecule has 0 radical (unpaired) electrons. The van der Waals surface area contributed by atoms with Gasteiger partial charge in [-0.15, -0.1) is 0 Å². The summed E-state index contributed by atoms with van der Waals surface area (Å²) in [5.41, 5.74) is 0.632. The van der Waals surface area contributed by atoms with Crippen LogP contribution in [0.25, 0.3) is 0 Å². The normalized spacial score (nSPS) is 19.9. The van der Waals surface area contributed by atoms with Crippen LogP contribution >= 0.6 is 0 Å². The Hall–Kier alpha value is -1.40. The summed E-state index contributed by atoms with van der Waals surface area (Å²) in [7, 11) is 3.94. The van der Waals surface area contributed by atoms with E-state index in [0.29, 0.717) is 5.69 Å². The highest BCUT2D eigenvalue weighted by Gasteiger charge is 2.31. The number of hydrogen-bond acceptors (Lipinski definition) is 4. The molecule has 100 valence electrons. The number of aromatic nitrogens is 2. The SMILES string of the molecule is Cc1nc(C(C(=O)O)N2CCN(C)CC2)cn1C. The van der Waals surface area contributed by atoms with E-state index in [4.69, 9.17) is 0 Å². The molecule has 18 heavy (non-hydrogen) atoms. The van der Waals surface area contributed by atoms with Crippen LogP contribution in [-0.4, -0.2) is 63.7 Å². The van der Waals surface area contributed by atoms with Gasteiger partial charge in [-0.25, -0.2) is 4.98 Å². The lowest BCUT2D eigenvalue weighted by Crippen LogP contribution is -2.47. The van der Waals surface area contributed by atoms with Crippen molar-refractivity contribution in [2.24, 2.45) is 7.05 Å². The molecular weight excluding hydrogens is 232 g/mol. The average Bonchev–Trinajstić information content (AvgIpc) is 2.61. The van der Waals surface area contributed by atoms with Crippen molar-refractivity contribution in [3.63, 3.8) is 0 Å². The Morgan fingerprint density at radius 3 is 2.39 bits per heavy atom. The smallest absolute Gasteiger partial charge is 0.327 e. The van der Waals surface area contributed by atoms with E-state index >= 15 is 0 Å². The summed E-state index contributed by atoms with van der Waals surface area (Å²) in [6, 6.07) is -0.626. The first-order valence-corrected chi connectivity index (χ1v) is 6.14. The Balaban J connectivity index is 2.20. The van der Waals surface area contributed by atoms with Gasteiger partial charge in [-0.3, -0.25) is 9.69 Å². The van der Waals surface area contributed by atoms with E-state index in [9.17, 15) is 9.90 Å². The molecule has 2 rings (SSSR count). The number of carbonyl (C=O) groups is 1. The quantitative estimate of drug-likeness (QED) is 0.827. The lowest BCUT2D eigenvalue weighted by Gasteiger charge is -2.35. The van der Waals surface area contributed by atoms with Gasteiger partial charge in [0.1, 0.15) is 5.82 Å². The van der Waals surface area contributed by atoms with Crippen LogP contribution in [0.15, 0.2) is 6.20 Å². The molecule has 0 aliphatic carbocycles. The van der Waals surface area contributed by atoms with E-state index in [2.05, 4.69) is 16.9 Å². The standard InChI is InChI=1S/C12H20N4O2/c1-9-13-10(8-15(9)3)11(12(17)18)16-6-4-14(2)5-7-16/h8,11H,4-7H2,1-3H3,(H,17,18). The monoisotopic (exact) mass is 252 g/mol. The predicted molar refractivity (Wildman–Crippen MR) is 67.4 cm³/mol. The Kier molecular flexibility index (Phi) is 3.68. The average molecular weight is 252 g/mol. The van der Waals surface area contributed by atoms with Gasteiger partial charge < -0.3 is 14.6 Å². The molecule has 1 unspecified atom stereocenters. The largest absolute Gasteiger partial charge is 0.480 e. The summed E-state index contributed by atoms with van der Waals surface area (Å²) in [5.74, 6) is 0.0167. The predicted octanol–water partition coefficient (Wildman–Crippen LogP) is 0.102. The van der Waals surface area contributed by atoms with E-state index in [1.165, 1.54) is 0 Å². The van der Waals surface area contributed by atoms with E-state index in [1.807, 2.05) is 29.6 Å². The van der Waals surface area contributed by atoms with Crippen LogP contribution in [0.2, 0.25) is 0 Å². The lowest BCUT2D eigenvalue weighted by atomic mass is 10.1. The molecule has 6 nitrogen and oxygen atoms in total. The van der Waals surface area contributed by atoms with Crippen LogP contribution in [0.1, 0.15) is 17.6 Å². The summed E-state index contributed by atoms with van der Waals surface area (Å²) in [6.07, 6.45) is 1.81.